The number of ether oxygens (including phenoxy) is 1. The Labute approximate surface area is 155 Å². The van der Waals surface area contributed by atoms with E-state index in [0.717, 1.165) is 47.4 Å². The first kappa shape index (κ1) is 15.8. The molecule has 2 aliphatic heterocycles. The predicted octanol–water partition coefficient (Wildman–Crippen LogP) is 2.74. The lowest BCUT2D eigenvalue weighted by atomic mass is 9.50. The van der Waals surface area contributed by atoms with E-state index in [1.807, 2.05) is 6.07 Å². The number of benzene rings is 1. The Kier molecular flexibility index (Phi) is 3.01. The van der Waals surface area contributed by atoms with Gasteiger partial charge in [-0.2, -0.15) is 0 Å². The number of aliphatic hydroxyl groups is 1. The van der Waals surface area contributed by atoms with Crippen molar-refractivity contribution in [2.24, 2.45) is 11.8 Å². The van der Waals surface area contributed by atoms with Crippen molar-refractivity contribution < 1.29 is 19.4 Å². The number of phenolic OH excluding ortho intramolecular Hbond substituents is 1. The highest BCUT2D eigenvalue weighted by Gasteiger charge is 2.69. The van der Waals surface area contributed by atoms with Crippen LogP contribution in [0.3, 0.4) is 0 Å². The van der Waals surface area contributed by atoms with Crippen molar-refractivity contribution >= 4 is 0 Å². The van der Waals surface area contributed by atoms with Crippen molar-refractivity contribution in [2.75, 3.05) is 20.1 Å². The number of piperidine rings is 1. The van der Waals surface area contributed by atoms with Crippen molar-refractivity contribution in [2.45, 2.75) is 68.6 Å². The molecule has 1 spiro atoms. The summed E-state index contributed by atoms with van der Waals surface area (Å²) >= 11 is 0. The van der Waals surface area contributed by atoms with Gasteiger partial charge in [-0.05, 0) is 37.8 Å². The minimum Gasteiger partial charge on any atom is -0.508 e. The number of hydrogen-bond donors (Lipinski definition) is 2. The molecule has 2 bridgehead atoms. The number of quaternary nitrogens is 1. The molecule has 3 unspecified atom stereocenters. The summed E-state index contributed by atoms with van der Waals surface area (Å²) in [5, 5.41) is 21.5. The summed E-state index contributed by atoms with van der Waals surface area (Å²) in [6.07, 6.45) is 7.70. The molecule has 2 heterocycles. The number of nitrogens with zero attached hydrogens (tertiary/aromatic N) is 1. The molecule has 2 N–H and O–H groups in total. The third kappa shape index (κ3) is 1.73. The van der Waals surface area contributed by atoms with Gasteiger partial charge in [-0.1, -0.05) is 6.42 Å². The van der Waals surface area contributed by atoms with Crippen LogP contribution in [0.2, 0.25) is 0 Å². The van der Waals surface area contributed by atoms with Gasteiger partial charge >= 0.3 is 0 Å². The van der Waals surface area contributed by atoms with Crippen LogP contribution in [0.1, 0.15) is 49.7 Å². The Hall–Kier alpha value is -1.26. The number of likely N-dealkylation sites (N-methyl/N-ethyl adjacent to an activating group) is 1. The molecular weight excluding hydrogens is 326 g/mol. The van der Waals surface area contributed by atoms with Crippen molar-refractivity contribution in [3.05, 3.63) is 23.3 Å². The largest absolute Gasteiger partial charge is 0.508 e. The molecule has 2 saturated carbocycles. The zero-order valence-electron chi connectivity index (χ0n) is 15.7. The van der Waals surface area contributed by atoms with Crippen LogP contribution in [0.25, 0.3) is 0 Å². The molecule has 4 nitrogen and oxygen atoms in total. The van der Waals surface area contributed by atoms with Gasteiger partial charge in [0.25, 0.3) is 0 Å². The highest BCUT2D eigenvalue weighted by atomic mass is 16.5. The first-order valence-corrected chi connectivity index (χ1v) is 10.6. The molecule has 4 heteroatoms. The Morgan fingerprint density at radius 1 is 1.23 bits per heavy atom. The number of phenols is 1. The van der Waals surface area contributed by atoms with Crippen LogP contribution < -0.4 is 4.74 Å². The first-order chi connectivity index (χ1) is 12.5. The second-order valence-corrected chi connectivity index (χ2v) is 9.97. The molecular formula is C22H30NO3+. The lowest BCUT2D eigenvalue weighted by molar-refractivity contribution is -0.948. The molecule has 0 amide bonds. The van der Waals surface area contributed by atoms with Gasteiger partial charge in [-0.15, -0.1) is 0 Å². The van der Waals surface area contributed by atoms with Crippen LogP contribution in [0.15, 0.2) is 12.1 Å². The summed E-state index contributed by atoms with van der Waals surface area (Å²) in [7, 11) is 2.47. The molecule has 26 heavy (non-hydrogen) atoms. The second-order valence-electron chi connectivity index (χ2n) is 9.97. The Morgan fingerprint density at radius 3 is 2.85 bits per heavy atom. The normalized spacial score (nSPS) is 45.6. The van der Waals surface area contributed by atoms with Crippen LogP contribution in [0.5, 0.6) is 11.5 Å². The van der Waals surface area contributed by atoms with Gasteiger partial charge in [0.15, 0.2) is 0 Å². The predicted molar refractivity (Wildman–Crippen MR) is 98.3 cm³/mol. The Bertz CT molecular complexity index is 775. The maximum absolute atomic E-state index is 10.8. The molecule has 5 aliphatic rings. The molecule has 6 atom stereocenters. The average Bonchev–Trinajstić information content (AvgIpc) is 2.93. The van der Waals surface area contributed by atoms with Crippen LogP contribution >= 0.6 is 0 Å². The zero-order chi connectivity index (χ0) is 17.7. The highest BCUT2D eigenvalue weighted by Crippen LogP contribution is 2.64. The highest BCUT2D eigenvalue weighted by molar-refractivity contribution is 5.59. The van der Waals surface area contributed by atoms with E-state index in [4.69, 9.17) is 4.74 Å². The Morgan fingerprint density at radius 2 is 2.08 bits per heavy atom. The van der Waals surface area contributed by atoms with E-state index in [2.05, 4.69) is 7.05 Å². The molecule has 1 aromatic carbocycles. The summed E-state index contributed by atoms with van der Waals surface area (Å²) < 4.78 is 7.52. The van der Waals surface area contributed by atoms with E-state index in [-0.39, 0.29) is 17.6 Å². The molecule has 6 rings (SSSR count). The number of aromatic hydroxyl groups is 1. The third-order valence-corrected chi connectivity index (χ3v) is 8.88. The summed E-state index contributed by atoms with van der Waals surface area (Å²) in [5.41, 5.74) is 2.32. The van der Waals surface area contributed by atoms with Gasteiger partial charge in [-0.3, -0.25) is 0 Å². The van der Waals surface area contributed by atoms with Crippen LogP contribution in [-0.4, -0.2) is 53.1 Å². The van der Waals surface area contributed by atoms with E-state index < -0.39 is 0 Å². The van der Waals surface area contributed by atoms with Crippen LogP contribution in [0, 0.1) is 11.8 Å². The second kappa shape index (κ2) is 4.96. The molecule has 0 radical (unpaired) electrons. The van der Waals surface area contributed by atoms with Gasteiger partial charge in [0.2, 0.25) is 0 Å². The number of hydrogen-bond acceptors (Lipinski definition) is 3. The summed E-state index contributed by atoms with van der Waals surface area (Å²) in [4.78, 5) is 0. The standard InChI is InChI=1S/C22H29NO3/c1-23(12-13-3-2-4-13)10-9-22-15-5-6-18(25)21(22)26-19-8-7-17(24)14(20(19)22)11-16(15)23/h7-8,13,15-16,18,21,25H,2-6,9-12H2,1H3/p+1/t15?,16?,18-,21?,22-,23+/m0/s1. The lowest BCUT2D eigenvalue weighted by Crippen LogP contribution is -2.72. The van der Waals surface area contributed by atoms with Crippen LogP contribution in [-0.2, 0) is 11.8 Å². The molecule has 1 saturated heterocycles. The summed E-state index contributed by atoms with van der Waals surface area (Å²) in [6, 6.07) is 4.29. The monoisotopic (exact) mass is 356 g/mol. The van der Waals surface area contributed by atoms with Crippen molar-refractivity contribution in [1.82, 2.24) is 0 Å². The smallest absolute Gasteiger partial charge is 0.135 e. The van der Waals surface area contributed by atoms with Gasteiger partial charge in [-0.25, -0.2) is 0 Å². The van der Waals surface area contributed by atoms with Crippen molar-refractivity contribution in [3.8, 4) is 11.5 Å². The first-order valence-electron chi connectivity index (χ1n) is 10.6. The lowest BCUT2D eigenvalue weighted by Gasteiger charge is -2.62. The number of likely N-dealkylation sites (tertiary alicyclic amines) is 1. The molecule has 0 aromatic heterocycles. The molecule has 1 aromatic rings. The summed E-state index contributed by atoms with van der Waals surface area (Å²) in [5.74, 6) is 2.83. The Balaban J connectivity index is 1.51. The molecule has 3 aliphatic carbocycles. The SMILES string of the molecule is C[N@+]1(CC2CCC2)CC[C@@]23c4c5ccc(O)c4CC1C2CC[C@H](O)C3O5. The van der Waals surface area contributed by atoms with Gasteiger partial charge in [0.05, 0.1) is 37.7 Å². The average molecular weight is 356 g/mol. The van der Waals surface area contributed by atoms with E-state index in [1.54, 1.807) is 6.07 Å². The number of aliphatic hydroxyl groups excluding tert-OH is 1. The van der Waals surface area contributed by atoms with Gasteiger partial charge in [0.1, 0.15) is 17.6 Å². The quantitative estimate of drug-likeness (QED) is 0.801. The van der Waals surface area contributed by atoms with E-state index in [1.165, 1.54) is 37.9 Å². The van der Waals surface area contributed by atoms with Crippen molar-refractivity contribution in [1.29, 1.82) is 0 Å². The number of rotatable bonds is 2. The molecule has 3 fully saturated rings. The van der Waals surface area contributed by atoms with Gasteiger partial charge in [0, 0.05) is 35.8 Å². The van der Waals surface area contributed by atoms with E-state index >= 15 is 0 Å². The fourth-order valence-electron chi connectivity index (χ4n) is 7.48. The van der Waals surface area contributed by atoms with Crippen molar-refractivity contribution in [3.63, 3.8) is 0 Å². The fraction of sp³-hybridized carbons (Fsp3) is 0.727. The van der Waals surface area contributed by atoms with Crippen LogP contribution in [0.4, 0.5) is 0 Å². The fourth-order valence-corrected chi connectivity index (χ4v) is 7.48. The maximum Gasteiger partial charge on any atom is 0.135 e. The topological polar surface area (TPSA) is 49.7 Å². The molecule has 140 valence electrons. The third-order valence-electron chi connectivity index (χ3n) is 8.88. The van der Waals surface area contributed by atoms with E-state index in [9.17, 15) is 10.2 Å². The summed E-state index contributed by atoms with van der Waals surface area (Å²) in [6.45, 7) is 2.47. The minimum absolute atomic E-state index is 0.0681. The minimum atomic E-state index is -0.379. The zero-order valence-corrected chi connectivity index (χ0v) is 15.7. The van der Waals surface area contributed by atoms with E-state index in [0.29, 0.717) is 17.7 Å². The maximum atomic E-state index is 10.8. The van der Waals surface area contributed by atoms with Gasteiger partial charge < -0.3 is 19.4 Å².